The summed E-state index contributed by atoms with van der Waals surface area (Å²) in [6.07, 6.45) is -0.0877. The van der Waals surface area contributed by atoms with E-state index in [2.05, 4.69) is 15.5 Å². The lowest BCUT2D eigenvalue weighted by molar-refractivity contribution is 0.0221. The number of fused-ring (bicyclic) bond motifs is 1. The third kappa shape index (κ3) is 4.07. The van der Waals surface area contributed by atoms with Crippen LogP contribution in [0.2, 0.25) is 0 Å². The lowest BCUT2D eigenvalue weighted by atomic mass is 10.0. The molecule has 1 aromatic carbocycles. The lowest BCUT2D eigenvalue weighted by Gasteiger charge is -2.29. The van der Waals surface area contributed by atoms with Gasteiger partial charge in [-0.25, -0.2) is 13.6 Å². The van der Waals surface area contributed by atoms with E-state index in [-0.39, 0.29) is 12.2 Å². The fourth-order valence-corrected chi connectivity index (χ4v) is 2.78. The number of aromatic amines is 1. The summed E-state index contributed by atoms with van der Waals surface area (Å²) < 4.78 is 32.8. The molecule has 2 heterocycles. The second-order valence-electron chi connectivity index (χ2n) is 7.23. The Kier molecular flexibility index (Phi) is 4.86. The molecule has 0 aliphatic carbocycles. The molecule has 0 spiro atoms. The Hall–Kier alpha value is -2.97. The first-order valence-corrected chi connectivity index (χ1v) is 8.45. The molecule has 0 fully saturated rings. The number of halogens is 2. The van der Waals surface area contributed by atoms with Crippen molar-refractivity contribution in [2.24, 2.45) is 0 Å². The van der Waals surface area contributed by atoms with Gasteiger partial charge >= 0.3 is 6.09 Å². The first kappa shape index (κ1) is 18.8. The molecule has 144 valence electrons. The Balaban J connectivity index is 1.75. The molecule has 0 atom stereocenters. The Bertz CT molecular complexity index is 869. The standard InChI is InChI=1S/C18H20F2N4O3/c1-18(2,3)27-17(26)24-8-7-10-13(9-24)22-23-14(10)16(25)21-15-11(19)5-4-6-12(15)20/h4-6H,7-9H2,1-3H3,(H,21,25)(H,22,23). The molecule has 2 N–H and O–H groups in total. The van der Waals surface area contributed by atoms with Crippen molar-refractivity contribution in [1.29, 1.82) is 0 Å². The van der Waals surface area contributed by atoms with Crippen molar-refractivity contribution < 1.29 is 23.1 Å². The van der Waals surface area contributed by atoms with Crippen molar-refractivity contribution in [3.05, 3.63) is 46.8 Å². The highest BCUT2D eigenvalue weighted by atomic mass is 19.1. The van der Waals surface area contributed by atoms with E-state index in [1.54, 1.807) is 20.8 Å². The van der Waals surface area contributed by atoms with Gasteiger partial charge in [-0.05, 0) is 39.3 Å². The first-order chi connectivity index (χ1) is 12.7. The van der Waals surface area contributed by atoms with Gasteiger partial charge in [0.15, 0.2) is 5.69 Å². The zero-order valence-electron chi connectivity index (χ0n) is 15.2. The fraction of sp³-hybridized carbons (Fsp3) is 0.389. The zero-order valence-corrected chi connectivity index (χ0v) is 15.2. The minimum atomic E-state index is -0.871. The smallest absolute Gasteiger partial charge is 0.410 e. The highest BCUT2D eigenvalue weighted by molar-refractivity contribution is 6.04. The quantitative estimate of drug-likeness (QED) is 0.840. The minimum Gasteiger partial charge on any atom is -0.444 e. The summed E-state index contributed by atoms with van der Waals surface area (Å²) in [6, 6.07) is 3.32. The highest BCUT2D eigenvalue weighted by Gasteiger charge is 2.30. The number of ether oxygens (including phenoxy) is 1. The largest absolute Gasteiger partial charge is 0.444 e. The van der Waals surface area contributed by atoms with Gasteiger partial charge in [-0.2, -0.15) is 5.10 Å². The van der Waals surface area contributed by atoms with Gasteiger partial charge in [0.2, 0.25) is 0 Å². The van der Waals surface area contributed by atoms with Crippen LogP contribution in [0.25, 0.3) is 0 Å². The zero-order chi connectivity index (χ0) is 19.8. The molecular weight excluding hydrogens is 358 g/mol. The number of para-hydroxylation sites is 1. The molecule has 7 nitrogen and oxygen atoms in total. The van der Waals surface area contributed by atoms with Crippen molar-refractivity contribution in [3.8, 4) is 0 Å². The van der Waals surface area contributed by atoms with Gasteiger partial charge in [0.1, 0.15) is 22.9 Å². The van der Waals surface area contributed by atoms with E-state index in [4.69, 9.17) is 4.74 Å². The SMILES string of the molecule is CC(C)(C)OC(=O)N1CCc2c(C(=O)Nc3c(F)cccc3F)n[nH]c2C1. The first-order valence-electron chi connectivity index (χ1n) is 8.45. The Morgan fingerprint density at radius 1 is 1.26 bits per heavy atom. The van der Waals surface area contributed by atoms with Crippen molar-refractivity contribution in [3.63, 3.8) is 0 Å². The van der Waals surface area contributed by atoms with Crippen LogP contribution in [0.4, 0.5) is 19.3 Å². The number of benzene rings is 1. The van der Waals surface area contributed by atoms with Crippen molar-refractivity contribution in [2.75, 3.05) is 11.9 Å². The maximum absolute atomic E-state index is 13.7. The summed E-state index contributed by atoms with van der Waals surface area (Å²) in [6.45, 7) is 5.89. The number of hydrogen-bond acceptors (Lipinski definition) is 4. The maximum atomic E-state index is 13.7. The average molecular weight is 378 g/mol. The van der Waals surface area contributed by atoms with E-state index in [1.165, 1.54) is 11.0 Å². The van der Waals surface area contributed by atoms with Crippen LogP contribution in [-0.2, 0) is 17.7 Å². The molecule has 0 unspecified atom stereocenters. The summed E-state index contributed by atoms with van der Waals surface area (Å²) in [7, 11) is 0. The number of carbonyl (C=O) groups is 2. The third-order valence-electron chi connectivity index (χ3n) is 4.00. The van der Waals surface area contributed by atoms with E-state index < -0.39 is 34.9 Å². The number of aromatic nitrogens is 2. The molecule has 9 heteroatoms. The van der Waals surface area contributed by atoms with E-state index in [9.17, 15) is 18.4 Å². The predicted molar refractivity (Wildman–Crippen MR) is 93.2 cm³/mol. The summed E-state index contributed by atoms with van der Waals surface area (Å²) >= 11 is 0. The number of rotatable bonds is 2. The topological polar surface area (TPSA) is 87.3 Å². The summed E-state index contributed by atoms with van der Waals surface area (Å²) in [5.74, 6) is -2.46. The summed E-state index contributed by atoms with van der Waals surface area (Å²) in [5, 5.41) is 8.90. The Labute approximate surface area is 154 Å². The normalized spacial score (nSPS) is 13.9. The number of H-pyrrole nitrogens is 1. The molecule has 3 rings (SSSR count). The van der Waals surface area contributed by atoms with Gasteiger partial charge in [-0.3, -0.25) is 9.89 Å². The van der Waals surface area contributed by atoms with E-state index >= 15 is 0 Å². The molecule has 2 aromatic rings. The molecule has 1 aromatic heterocycles. The monoisotopic (exact) mass is 378 g/mol. The van der Waals surface area contributed by atoms with Gasteiger partial charge in [0.05, 0.1) is 12.2 Å². The summed E-state index contributed by atoms with van der Waals surface area (Å²) in [4.78, 5) is 26.1. The highest BCUT2D eigenvalue weighted by Crippen LogP contribution is 2.24. The third-order valence-corrected chi connectivity index (χ3v) is 4.00. The minimum absolute atomic E-state index is 0.0523. The molecular formula is C18H20F2N4O3. The van der Waals surface area contributed by atoms with Crippen LogP contribution in [0, 0.1) is 11.6 Å². The van der Waals surface area contributed by atoms with Crippen LogP contribution >= 0.6 is 0 Å². The van der Waals surface area contributed by atoms with E-state index in [0.717, 1.165) is 12.1 Å². The van der Waals surface area contributed by atoms with Gasteiger partial charge in [0.25, 0.3) is 5.91 Å². The van der Waals surface area contributed by atoms with Crippen molar-refractivity contribution >= 4 is 17.7 Å². The van der Waals surface area contributed by atoms with Gasteiger partial charge in [0, 0.05) is 12.1 Å². The Morgan fingerprint density at radius 3 is 2.56 bits per heavy atom. The number of nitrogens with zero attached hydrogens (tertiary/aromatic N) is 2. The molecule has 1 aliphatic rings. The molecule has 27 heavy (non-hydrogen) atoms. The molecule has 0 radical (unpaired) electrons. The molecule has 1 aliphatic heterocycles. The number of nitrogens with one attached hydrogen (secondary N) is 2. The fourth-order valence-electron chi connectivity index (χ4n) is 2.78. The number of anilines is 1. The lowest BCUT2D eigenvalue weighted by Crippen LogP contribution is -2.40. The van der Waals surface area contributed by atoms with Crippen molar-refractivity contribution in [2.45, 2.75) is 39.3 Å². The van der Waals surface area contributed by atoms with Gasteiger partial charge < -0.3 is 15.0 Å². The summed E-state index contributed by atoms with van der Waals surface area (Å²) in [5.41, 5.74) is 0.123. The van der Waals surface area contributed by atoms with Crippen LogP contribution in [0.15, 0.2) is 18.2 Å². The van der Waals surface area contributed by atoms with Crippen LogP contribution in [-0.4, -0.2) is 39.2 Å². The molecule has 0 saturated carbocycles. The molecule has 0 saturated heterocycles. The van der Waals surface area contributed by atoms with Crippen LogP contribution in [0.1, 0.15) is 42.5 Å². The van der Waals surface area contributed by atoms with Crippen LogP contribution < -0.4 is 5.32 Å². The van der Waals surface area contributed by atoms with E-state index in [0.29, 0.717) is 24.2 Å². The van der Waals surface area contributed by atoms with Crippen LogP contribution in [0.5, 0.6) is 0 Å². The molecule has 0 bridgehead atoms. The predicted octanol–water partition coefficient (Wildman–Crippen LogP) is 3.23. The van der Waals surface area contributed by atoms with Gasteiger partial charge in [-0.1, -0.05) is 6.07 Å². The second-order valence-corrected chi connectivity index (χ2v) is 7.23. The second kappa shape index (κ2) is 6.98. The van der Waals surface area contributed by atoms with Crippen LogP contribution in [0.3, 0.4) is 0 Å². The van der Waals surface area contributed by atoms with Gasteiger partial charge in [-0.15, -0.1) is 0 Å². The number of hydrogen-bond donors (Lipinski definition) is 2. The molecule has 2 amide bonds. The maximum Gasteiger partial charge on any atom is 0.410 e. The Morgan fingerprint density at radius 2 is 1.93 bits per heavy atom. The average Bonchev–Trinajstić information content (AvgIpc) is 3.00. The number of carbonyl (C=O) groups excluding carboxylic acids is 2. The van der Waals surface area contributed by atoms with Crippen molar-refractivity contribution in [1.82, 2.24) is 15.1 Å². The number of amides is 2. The van der Waals surface area contributed by atoms with E-state index in [1.807, 2.05) is 0 Å².